The smallest absolute Gasteiger partial charge is 0.280 e. The molecule has 5 rings (SSSR count). The van der Waals surface area contributed by atoms with E-state index in [0.717, 1.165) is 27.8 Å². The Morgan fingerprint density at radius 1 is 0.973 bits per heavy atom. The zero-order valence-corrected chi connectivity index (χ0v) is 20.8. The van der Waals surface area contributed by atoms with Crippen molar-refractivity contribution in [3.05, 3.63) is 100 Å². The van der Waals surface area contributed by atoms with E-state index < -0.39 is 0 Å². The molecule has 0 fully saturated rings. The Bertz CT molecular complexity index is 1630. The minimum Gasteiger partial charge on any atom is -0.497 e. The van der Waals surface area contributed by atoms with Crippen molar-refractivity contribution in [3.63, 3.8) is 0 Å². The van der Waals surface area contributed by atoms with Gasteiger partial charge in [0.05, 0.1) is 31.2 Å². The SMILES string of the molecule is COc1ccc(-c2[nH]n(-c3ccc(OC)cc3)c(=O)c2C(C)=NCCc2c[nH]c3ccc(F)cc23)cc1. The number of aromatic nitrogens is 3. The summed E-state index contributed by atoms with van der Waals surface area (Å²) in [5, 5.41) is 4.11. The summed E-state index contributed by atoms with van der Waals surface area (Å²) in [7, 11) is 3.21. The van der Waals surface area contributed by atoms with Crippen molar-refractivity contribution in [2.75, 3.05) is 20.8 Å². The number of H-pyrrole nitrogens is 2. The molecular weight excluding hydrogens is 471 g/mol. The second kappa shape index (κ2) is 10.2. The predicted octanol–water partition coefficient (Wildman–Crippen LogP) is 5.52. The molecule has 0 radical (unpaired) electrons. The first-order valence-corrected chi connectivity index (χ1v) is 11.9. The van der Waals surface area contributed by atoms with Crippen molar-refractivity contribution < 1.29 is 13.9 Å². The van der Waals surface area contributed by atoms with Crippen LogP contribution in [-0.2, 0) is 6.42 Å². The Morgan fingerprint density at radius 3 is 2.32 bits per heavy atom. The highest BCUT2D eigenvalue weighted by molar-refractivity contribution is 6.03. The largest absolute Gasteiger partial charge is 0.497 e. The summed E-state index contributed by atoms with van der Waals surface area (Å²) in [6, 6.07) is 19.5. The maximum atomic E-state index is 13.8. The van der Waals surface area contributed by atoms with Gasteiger partial charge in [-0.2, -0.15) is 0 Å². The van der Waals surface area contributed by atoms with Crippen LogP contribution in [0.25, 0.3) is 27.8 Å². The highest BCUT2D eigenvalue weighted by Crippen LogP contribution is 2.25. The molecule has 188 valence electrons. The predicted molar refractivity (Wildman–Crippen MR) is 144 cm³/mol. The molecule has 0 atom stereocenters. The third-order valence-corrected chi connectivity index (χ3v) is 6.42. The molecule has 0 saturated carbocycles. The number of ether oxygens (including phenoxy) is 2. The van der Waals surface area contributed by atoms with E-state index in [1.165, 1.54) is 16.8 Å². The Balaban J connectivity index is 1.51. The fourth-order valence-electron chi connectivity index (χ4n) is 4.43. The summed E-state index contributed by atoms with van der Waals surface area (Å²) in [4.78, 5) is 21.6. The molecule has 0 unspecified atom stereocenters. The van der Waals surface area contributed by atoms with Crippen molar-refractivity contribution in [2.45, 2.75) is 13.3 Å². The van der Waals surface area contributed by atoms with E-state index >= 15 is 0 Å². The normalized spacial score (nSPS) is 11.7. The lowest BCUT2D eigenvalue weighted by Gasteiger charge is -2.05. The van der Waals surface area contributed by atoms with E-state index in [-0.39, 0.29) is 11.4 Å². The number of aromatic amines is 2. The zero-order valence-electron chi connectivity index (χ0n) is 20.8. The highest BCUT2D eigenvalue weighted by Gasteiger charge is 2.19. The van der Waals surface area contributed by atoms with Crippen molar-refractivity contribution in [2.24, 2.45) is 4.99 Å². The molecule has 7 nitrogen and oxygen atoms in total. The Morgan fingerprint density at radius 2 is 1.65 bits per heavy atom. The van der Waals surface area contributed by atoms with Gasteiger partial charge >= 0.3 is 0 Å². The quantitative estimate of drug-likeness (QED) is 0.276. The average Bonchev–Trinajstić information content (AvgIpc) is 3.49. The number of nitrogens with zero attached hydrogens (tertiary/aromatic N) is 2. The third-order valence-electron chi connectivity index (χ3n) is 6.42. The number of rotatable bonds is 8. The van der Waals surface area contributed by atoms with Gasteiger partial charge < -0.3 is 14.5 Å². The van der Waals surface area contributed by atoms with Crippen LogP contribution in [0.3, 0.4) is 0 Å². The van der Waals surface area contributed by atoms with E-state index in [9.17, 15) is 9.18 Å². The van der Waals surface area contributed by atoms with Gasteiger partial charge in [-0.25, -0.2) is 9.07 Å². The van der Waals surface area contributed by atoms with Gasteiger partial charge in [-0.05, 0) is 85.6 Å². The zero-order chi connectivity index (χ0) is 25.9. The van der Waals surface area contributed by atoms with Crippen LogP contribution in [0.2, 0.25) is 0 Å². The van der Waals surface area contributed by atoms with Gasteiger partial charge in [0.2, 0.25) is 0 Å². The number of halogens is 1. The Kier molecular flexibility index (Phi) is 6.64. The average molecular weight is 499 g/mol. The van der Waals surface area contributed by atoms with Crippen LogP contribution in [0, 0.1) is 5.82 Å². The van der Waals surface area contributed by atoms with Crippen molar-refractivity contribution in [1.29, 1.82) is 0 Å². The number of aliphatic imine (C=N–C) groups is 1. The van der Waals surface area contributed by atoms with Crippen LogP contribution >= 0.6 is 0 Å². The molecule has 2 N–H and O–H groups in total. The van der Waals surface area contributed by atoms with Crippen LogP contribution in [0.15, 0.2) is 82.7 Å². The van der Waals surface area contributed by atoms with E-state index in [1.807, 2.05) is 49.5 Å². The van der Waals surface area contributed by atoms with E-state index in [4.69, 9.17) is 14.5 Å². The molecule has 8 heteroatoms. The molecule has 37 heavy (non-hydrogen) atoms. The molecule has 0 saturated heterocycles. The Hall–Kier alpha value is -4.59. The van der Waals surface area contributed by atoms with Crippen molar-refractivity contribution in [1.82, 2.24) is 14.8 Å². The van der Waals surface area contributed by atoms with Gasteiger partial charge in [-0.3, -0.25) is 14.9 Å². The molecule has 0 aliphatic carbocycles. The molecule has 0 aliphatic rings. The monoisotopic (exact) mass is 498 g/mol. The van der Waals surface area contributed by atoms with Crippen LogP contribution in [0.4, 0.5) is 4.39 Å². The van der Waals surface area contributed by atoms with Crippen LogP contribution in [0.1, 0.15) is 18.1 Å². The van der Waals surface area contributed by atoms with Crippen LogP contribution in [0.5, 0.6) is 11.5 Å². The fraction of sp³-hybridized carbons (Fsp3) is 0.172. The second-order valence-corrected chi connectivity index (χ2v) is 8.65. The minimum absolute atomic E-state index is 0.202. The van der Waals surface area contributed by atoms with E-state index in [0.29, 0.717) is 41.4 Å². The topological polar surface area (TPSA) is 84.4 Å². The molecule has 0 spiro atoms. The van der Waals surface area contributed by atoms with Gasteiger partial charge in [0.25, 0.3) is 5.56 Å². The molecule has 0 aliphatic heterocycles. The summed E-state index contributed by atoms with van der Waals surface area (Å²) in [5.74, 6) is 1.15. The lowest BCUT2D eigenvalue weighted by Crippen LogP contribution is -2.19. The van der Waals surface area contributed by atoms with Crippen LogP contribution < -0.4 is 15.0 Å². The first-order chi connectivity index (χ1) is 18.0. The minimum atomic E-state index is -0.274. The second-order valence-electron chi connectivity index (χ2n) is 8.65. The van der Waals surface area contributed by atoms with Crippen molar-refractivity contribution >= 4 is 16.6 Å². The number of methoxy groups -OCH3 is 2. The molecule has 0 bridgehead atoms. The summed E-state index contributed by atoms with van der Waals surface area (Å²) in [6.45, 7) is 2.29. The summed E-state index contributed by atoms with van der Waals surface area (Å²) in [5.41, 5.74) is 4.95. The Labute approximate surface area is 213 Å². The summed E-state index contributed by atoms with van der Waals surface area (Å²) < 4.78 is 25.8. The molecular formula is C29H27FN4O3. The maximum Gasteiger partial charge on any atom is 0.280 e. The summed E-state index contributed by atoms with van der Waals surface area (Å²) in [6.07, 6.45) is 2.49. The number of nitrogens with one attached hydrogen (secondary N) is 2. The molecule has 0 amide bonds. The lowest BCUT2D eigenvalue weighted by atomic mass is 10.0. The van der Waals surface area contributed by atoms with Crippen LogP contribution in [-0.4, -0.2) is 41.2 Å². The van der Waals surface area contributed by atoms with E-state index in [2.05, 4.69) is 10.1 Å². The van der Waals surface area contributed by atoms with Gasteiger partial charge in [-0.15, -0.1) is 0 Å². The molecule has 2 aromatic heterocycles. The highest BCUT2D eigenvalue weighted by atomic mass is 19.1. The van der Waals surface area contributed by atoms with Crippen molar-refractivity contribution in [3.8, 4) is 28.4 Å². The number of fused-ring (bicyclic) bond motifs is 1. The van der Waals surface area contributed by atoms with Gasteiger partial charge in [0.1, 0.15) is 17.3 Å². The standard InChI is InChI=1S/C29H27FN4O3/c1-18(31-15-14-20-17-32-26-13-6-21(30)16-25(20)26)27-28(19-4-9-23(36-2)10-5-19)33-34(29(27)35)22-7-11-24(37-3)12-8-22/h4-13,16-17,32-33H,14-15H2,1-3H3. The van der Waals surface area contributed by atoms with Gasteiger partial charge in [0.15, 0.2) is 0 Å². The van der Waals surface area contributed by atoms with Gasteiger partial charge in [0, 0.05) is 34.9 Å². The number of hydrogen-bond donors (Lipinski definition) is 2. The first kappa shape index (κ1) is 24.1. The number of hydrogen-bond acceptors (Lipinski definition) is 4. The first-order valence-electron chi connectivity index (χ1n) is 11.9. The maximum absolute atomic E-state index is 13.8. The summed E-state index contributed by atoms with van der Waals surface area (Å²) >= 11 is 0. The third kappa shape index (κ3) is 4.78. The molecule has 2 heterocycles. The molecule has 3 aromatic carbocycles. The lowest BCUT2D eigenvalue weighted by molar-refractivity contribution is 0.414. The van der Waals surface area contributed by atoms with E-state index in [1.54, 1.807) is 32.4 Å². The van der Waals surface area contributed by atoms with Gasteiger partial charge in [-0.1, -0.05) is 0 Å². The fourth-order valence-corrected chi connectivity index (χ4v) is 4.43. The molecule has 5 aromatic rings. The number of benzene rings is 3.